The molecule has 0 saturated heterocycles. The molecular weight excluding hydrogens is 299 g/mol. The van der Waals surface area contributed by atoms with E-state index in [1.165, 1.54) is 6.07 Å². The summed E-state index contributed by atoms with van der Waals surface area (Å²) in [4.78, 5) is 12.3. The van der Waals surface area contributed by atoms with E-state index in [1.54, 1.807) is 0 Å². The topological polar surface area (TPSA) is 52.6 Å². The second kappa shape index (κ2) is 7.21. The average Bonchev–Trinajstić information content (AvgIpc) is 2.37. The third-order valence-electron chi connectivity index (χ3n) is 2.46. The van der Waals surface area contributed by atoms with Crippen molar-refractivity contribution in [3.8, 4) is 0 Å². The summed E-state index contributed by atoms with van der Waals surface area (Å²) in [5.41, 5.74) is -1.14. The Morgan fingerprint density at radius 1 is 1.33 bits per heavy atom. The van der Waals surface area contributed by atoms with E-state index in [4.69, 9.17) is 5.11 Å². The maximum atomic E-state index is 12.5. The van der Waals surface area contributed by atoms with Gasteiger partial charge in [-0.25, -0.2) is 13.6 Å². The van der Waals surface area contributed by atoms with Gasteiger partial charge in [0.1, 0.15) is 0 Å². The monoisotopic (exact) mass is 312 g/mol. The number of rotatable bonds is 5. The number of anilines is 1. The fraction of sp³-hybridized carbons (Fsp3) is 0.417. The highest BCUT2D eigenvalue weighted by Crippen LogP contribution is 2.30. The molecule has 1 aromatic carbocycles. The summed E-state index contributed by atoms with van der Waals surface area (Å²) in [6.45, 7) is -1.82. The zero-order valence-electron chi connectivity index (χ0n) is 10.7. The predicted octanol–water partition coefficient (Wildman–Crippen LogP) is 2.80. The summed E-state index contributed by atoms with van der Waals surface area (Å²) in [5, 5.41) is 10.8. The lowest BCUT2D eigenvalue weighted by atomic mass is 10.2. The molecule has 9 heteroatoms. The number of hydrogen-bond acceptors (Lipinski definition) is 2. The molecule has 1 rings (SSSR count). The Bertz CT molecular complexity index is 479. The molecule has 0 aliphatic carbocycles. The Morgan fingerprint density at radius 3 is 2.52 bits per heavy atom. The molecule has 0 atom stereocenters. The first-order chi connectivity index (χ1) is 9.74. The van der Waals surface area contributed by atoms with E-state index < -0.39 is 37.3 Å². The Balaban J connectivity index is 2.81. The zero-order chi connectivity index (χ0) is 16.0. The van der Waals surface area contributed by atoms with Crippen LogP contribution in [-0.2, 0) is 6.18 Å². The van der Waals surface area contributed by atoms with Crippen molar-refractivity contribution in [2.75, 3.05) is 25.0 Å². The smallest absolute Gasteiger partial charge is 0.395 e. The van der Waals surface area contributed by atoms with Crippen LogP contribution >= 0.6 is 0 Å². The summed E-state index contributed by atoms with van der Waals surface area (Å²) in [5.74, 6) is 0. The highest BCUT2D eigenvalue weighted by molar-refractivity contribution is 5.89. The zero-order valence-corrected chi connectivity index (χ0v) is 10.7. The molecule has 0 saturated carbocycles. The number of urea groups is 1. The van der Waals surface area contributed by atoms with E-state index >= 15 is 0 Å². The van der Waals surface area contributed by atoms with Crippen LogP contribution in [0.15, 0.2) is 24.3 Å². The number of carbonyl (C=O) groups excluding carboxylic acids is 1. The van der Waals surface area contributed by atoms with Crippen molar-refractivity contribution < 1.29 is 31.9 Å². The summed E-state index contributed by atoms with van der Waals surface area (Å²) < 4.78 is 62.1. The van der Waals surface area contributed by atoms with Gasteiger partial charge in [0, 0.05) is 12.2 Å². The normalized spacial score (nSPS) is 11.6. The van der Waals surface area contributed by atoms with E-state index in [2.05, 4.69) is 5.32 Å². The molecule has 0 spiro atoms. The minimum absolute atomic E-state index is 0.174. The molecule has 0 aliphatic rings. The summed E-state index contributed by atoms with van der Waals surface area (Å²) in [6, 6.07) is 2.79. The van der Waals surface area contributed by atoms with Gasteiger partial charge in [-0.15, -0.1) is 0 Å². The fourth-order valence-corrected chi connectivity index (χ4v) is 1.54. The standard InChI is InChI=1S/C12H13F5N2O2/c13-10(14)7-19(4-5-20)11(21)18-9-3-1-2-8(6-9)12(15,16)17/h1-3,6,10,20H,4-5,7H2,(H,18,21). The van der Waals surface area contributed by atoms with Gasteiger partial charge in [0.25, 0.3) is 6.43 Å². The summed E-state index contributed by atoms with van der Waals surface area (Å²) >= 11 is 0. The first kappa shape index (κ1) is 17.2. The average molecular weight is 312 g/mol. The number of alkyl halides is 5. The largest absolute Gasteiger partial charge is 0.416 e. The minimum Gasteiger partial charge on any atom is -0.395 e. The molecule has 0 aromatic heterocycles. The molecule has 1 aromatic rings. The molecule has 0 fully saturated rings. The first-order valence-corrected chi connectivity index (χ1v) is 5.86. The maximum Gasteiger partial charge on any atom is 0.416 e. The minimum atomic E-state index is -4.57. The SMILES string of the molecule is O=C(Nc1cccc(C(F)(F)F)c1)N(CCO)CC(F)F. The van der Waals surface area contributed by atoms with Gasteiger partial charge in [-0.3, -0.25) is 0 Å². The van der Waals surface area contributed by atoms with Gasteiger partial charge < -0.3 is 15.3 Å². The number of benzene rings is 1. The molecule has 0 aliphatic heterocycles. The Labute approximate surface area is 117 Å². The second-order valence-corrected chi connectivity index (χ2v) is 4.07. The van der Waals surface area contributed by atoms with Crippen molar-refractivity contribution in [1.29, 1.82) is 0 Å². The van der Waals surface area contributed by atoms with E-state index in [0.29, 0.717) is 11.0 Å². The second-order valence-electron chi connectivity index (χ2n) is 4.07. The van der Waals surface area contributed by atoms with Crippen LogP contribution in [0.3, 0.4) is 0 Å². The quantitative estimate of drug-likeness (QED) is 0.822. The summed E-state index contributed by atoms with van der Waals surface area (Å²) in [6.07, 6.45) is -7.39. The van der Waals surface area contributed by atoms with E-state index in [1.807, 2.05) is 0 Å². The van der Waals surface area contributed by atoms with Crippen LogP contribution in [-0.4, -0.2) is 42.2 Å². The van der Waals surface area contributed by atoms with Crippen LogP contribution in [0.4, 0.5) is 32.4 Å². The maximum absolute atomic E-state index is 12.5. The predicted molar refractivity (Wildman–Crippen MR) is 65.1 cm³/mol. The van der Waals surface area contributed by atoms with Crippen molar-refractivity contribution >= 4 is 11.7 Å². The molecule has 0 heterocycles. The van der Waals surface area contributed by atoms with Gasteiger partial charge in [0.15, 0.2) is 0 Å². The molecule has 0 bridgehead atoms. The van der Waals surface area contributed by atoms with E-state index in [9.17, 15) is 26.7 Å². The van der Waals surface area contributed by atoms with Crippen LogP contribution in [0.5, 0.6) is 0 Å². The van der Waals surface area contributed by atoms with Crippen molar-refractivity contribution in [1.82, 2.24) is 4.90 Å². The first-order valence-electron chi connectivity index (χ1n) is 5.86. The molecule has 4 nitrogen and oxygen atoms in total. The Kier molecular flexibility index (Phi) is 5.89. The van der Waals surface area contributed by atoms with Gasteiger partial charge >= 0.3 is 12.2 Å². The van der Waals surface area contributed by atoms with Crippen LogP contribution in [0.25, 0.3) is 0 Å². The highest BCUT2D eigenvalue weighted by Gasteiger charge is 2.30. The third-order valence-corrected chi connectivity index (χ3v) is 2.46. The molecule has 0 unspecified atom stereocenters. The summed E-state index contributed by atoms with van der Waals surface area (Å²) in [7, 11) is 0. The molecule has 2 N–H and O–H groups in total. The van der Waals surface area contributed by atoms with Crippen molar-refractivity contribution in [3.05, 3.63) is 29.8 Å². The van der Waals surface area contributed by atoms with E-state index in [-0.39, 0.29) is 12.2 Å². The fourth-order valence-electron chi connectivity index (χ4n) is 1.54. The van der Waals surface area contributed by atoms with Crippen LogP contribution < -0.4 is 5.32 Å². The van der Waals surface area contributed by atoms with Gasteiger partial charge in [-0.2, -0.15) is 13.2 Å². The van der Waals surface area contributed by atoms with Crippen LogP contribution in [0.2, 0.25) is 0 Å². The third kappa shape index (κ3) is 5.54. The molecule has 21 heavy (non-hydrogen) atoms. The van der Waals surface area contributed by atoms with Crippen LogP contribution in [0.1, 0.15) is 5.56 Å². The Morgan fingerprint density at radius 2 is 2.00 bits per heavy atom. The number of aliphatic hydroxyl groups is 1. The number of halogens is 5. The van der Waals surface area contributed by atoms with Crippen molar-refractivity contribution in [2.45, 2.75) is 12.6 Å². The van der Waals surface area contributed by atoms with Crippen molar-refractivity contribution in [3.63, 3.8) is 0 Å². The van der Waals surface area contributed by atoms with Crippen LogP contribution in [0, 0.1) is 0 Å². The highest BCUT2D eigenvalue weighted by atomic mass is 19.4. The molecule has 118 valence electrons. The van der Waals surface area contributed by atoms with Gasteiger partial charge in [0.05, 0.1) is 18.7 Å². The lowest BCUT2D eigenvalue weighted by Gasteiger charge is -2.22. The number of amides is 2. The number of nitrogens with zero attached hydrogens (tertiary/aromatic N) is 1. The Hall–Kier alpha value is -1.90. The number of nitrogens with one attached hydrogen (secondary N) is 1. The van der Waals surface area contributed by atoms with E-state index in [0.717, 1.165) is 12.1 Å². The molecule has 2 amide bonds. The molecular formula is C12H13F5N2O2. The lowest BCUT2D eigenvalue weighted by Crippen LogP contribution is -2.40. The lowest BCUT2D eigenvalue weighted by molar-refractivity contribution is -0.137. The van der Waals surface area contributed by atoms with Gasteiger partial charge in [-0.1, -0.05) is 6.07 Å². The number of hydrogen-bond donors (Lipinski definition) is 2. The number of carbonyl (C=O) groups is 1. The van der Waals surface area contributed by atoms with Crippen molar-refractivity contribution in [2.24, 2.45) is 0 Å². The molecule has 0 radical (unpaired) electrons. The van der Waals surface area contributed by atoms with Gasteiger partial charge in [-0.05, 0) is 18.2 Å². The van der Waals surface area contributed by atoms with Gasteiger partial charge in [0.2, 0.25) is 0 Å². The number of aliphatic hydroxyl groups excluding tert-OH is 1.